The van der Waals surface area contributed by atoms with E-state index in [1.807, 2.05) is 0 Å². The van der Waals surface area contributed by atoms with E-state index < -0.39 is 10.0 Å². The van der Waals surface area contributed by atoms with Crippen LogP contribution >= 0.6 is 10.0 Å². The van der Waals surface area contributed by atoms with Gasteiger partial charge in [0.2, 0.25) is 0 Å². The van der Waals surface area contributed by atoms with Crippen LogP contribution in [0.25, 0.3) is 54.8 Å². The molecule has 4 aliphatic rings. The molecular formula is C45H33BN2S. The fourth-order valence-electron chi connectivity index (χ4n) is 10.4. The fourth-order valence-corrected chi connectivity index (χ4v) is 12.8. The van der Waals surface area contributed by atoms with Crippen molar-refractivity contribution in [1.29, 1.82) is 0 Å². The highest BCUT2D eigenvalue weighted by atomic mass is 32.3. The van der Waals surface area contributed by atoms with E-state index in [1.54, 1.807) is 0 Å². The number of benzene rings is 7. The van der Waals surface area contributed by atoms with Crippen molar-refractivity contribution in [2.24, 2.45) is 0 Å². The summed E-state index contributed by atoms with van der Waals surface area (Å²) in [7, 11) is -1.28. The van der Waals surface area contributed by atoms with Crippen molar-refractivity contribution >= 4 is 77.4 Å². The van der Waals surface area contributed by atoms with E-state index >= 15 is 0 Å². The molecule has 0 N–H and O–H groups in total. The molecule has 0 saturated carbocycles. The first-order chi connectivity index (χ1) is 23.9. The third-order valence-electron chi connectivity index (χ3n) is 12.4. The first kappa shape index (κ1) is 26.7. The molecule has 0 atom stereocenters. The maximum atomic E-state index is 2.73. The van der Waals surface area contributed by atoms with Crippen LogP contribution in [0.5, 0.6) is 0 Å². The number of para-hydroxylation sites is 3. The number of rotatable bonds is 0. The van der Waals surface area contributed by atoms with Crippen LogP contribution in [-0.4, -0.2) is 23.8 Å². The molecule has 2 nitrogen and oxygen atoms in total. The van der Waals surface area contributed by atoms with E-state index in [0.717, 1.165) is 0 Å². The Morgan fingerprint density at radius 2 is 1.35 bits per heavy atom. The molecule has 1 aromatic heterocycles. The van der Waals surface area contributed by atoms with E-state index in [-0.39, 0.29) is 12.3 Å². The van der Waals surface area contributed by atoms with Gasteiger partial charge in [0.05, 0.1) is 11.4 Å². The molecule has 0 radical (unpaired) electrons. The largest absolute Gasteiger partial charge is 0.375 e. The Morgan fingerprint density at radius 1 is 0.612 bits per heavy atom. The van der Waals surface area contributed by atoms with Crippen LogP contribution in [0.1, 0.15) is 25.0 Å². The highest BCUT2D eigenvalue weighted by Crippen LogP contribution is 2.69. The summed E-state index contributed by atoms with van der Waals surface area (Å²) in [6.45, 7) is 4.96. The Hall–Kier alpha value is -5.19. The van der Waals surface area contributed by atoms with Gasteiger partial charge >= 0.3 is 6.85 Å². The zero-order chi connectivity index (χ0) is 32.6. The third kappa shape index (κ3) is 2.90. The summed E-state index contributed by atoms with van der Waals surface area (Å²) < 4.78 is 2.73. The van der Waals surface area contributed by atoms with E-state index in [4.69, 9.17) is 0 Å². The van der Waals surface area contributed by atoms with Crippen molar-refractivity contribution in [3.8, 4) is 22.3 Å². The minimum absolute atomic E-state index is 0.0533. The van der Waals surface area contributed by atoms with Crippen molar-refractivity contribution < 1.29 is 0 Å². The molecule has 0 amide bonds. The smallest absolute Gasteiger partial charge is 0.333 e. The second-order valence-electron chi connectivity index (χ2n) is 15.3. The van der Waals surface area contributed by atoms with E-state index in [2.05, 4.69) is 163 Å². The second kappa shape index (κ2) is 8.51. The molecule has 4 heterocycles. The Morgan fingerprint density at radius 3 is 2.27 bits per heavy atom. The van der Waals surface area contributed by atoms with E-state index in [9.17, 15) is 0 Å². The average molecular weight is 645 g/mol. The van der Waals surface area contributed by atoms with Gasteiger partial charge in [-0.25, -0.2) is 0 Å². The number of anilines is 3. The van der Waals surface area contributed by atoms with Crippen molar-refractivity contribution in [2.45, 2.75) is 29.1 Å². The van der Waals surface area contributed by atoms with Gasteiger partial charge < -0.3 is 9.38 Å². The zero-order valence-corrected chi connectivity index (χ0v) is 28.8. The SMILES string of the molecule is CC1(C)c2ccccc2-c2cc3c4c(c21)N1c2ccccc2S(C)(C)c2cccc(c21)B4n1c2ccc4ccccc4c2c2cccc-3c21. The average Bonchev–Trinajstić information content (AvgIpc) is 3.58. The number of aromatic nitrogens is 1. The normalized spacial score (nSPS) is 17.1. The maximum Gasteiger partial charge on any atom is 0.333 e. The molecule has 49 heavy (non-hydrogen) atoms. The summed E-state index contributed by atoms with van der Waals surface area (Å²) in [5, 5.41) is 5.34. The van der Waals surface area contributed by atoms with E-state index in [1.165, 1.54) is 104 Å². The van der Waals surface area contributed by atoms with Gasteiger partial charge in [0, 0.05) is 48.3 Å². The van der Waals surface area contributed by atoms with Crippen LogP contribution in [0.15, 0.2) is 137 Å². The van der Waals surface area contributed by atoms with Crippen LogP contribution in [0.2, 0.25) is 0 Å². The lowest BCUT2D eigenvalue weighted by atomic mass is 9.44. The van der Waals surface area contributed by atoms with Crippen LogP contribution in [0.4, 0.5) is 17.1 Å². The van der Waals surface area contributed by atoms with Gasteiger partial charge in [-0.3, -0.25) is 0 Å². The zero-order valence-electron chi connectivity index (χ0n) is 28.0. The minimum Gasteiger partial charge on any atom is -0.375 e. The van der Waals surface area contributed by atoms with Crippen molar-refractivity contribution in [3.63, 3.8) is 0 Å². The molecule has 12 rings (SSSR count). The number of hydrogen-bond acceptors (Lipinski definition) is 1. The van der Waals surface area contributed by atoms with Crippen molar-refractivity contribution in [1.82, 2.24) is 4.48 Å². The summed E-state index contributed by atoms with van der Waals surface area (Å²) in [5.41, 5.74) is 17.9. The number of fused-ring (bicyclic) bond motifs is 15. The van der Waals surface area contributed by atoms with E-state index in [0.29, 0.717) is 0 Å². The monoisotopic (exact) mass is 644 g/mol. The lowest BCUT2D eigenvalue weighted by Gasteiger charge is -2.51. The fraction of sp³-hybridized carbons (Fsp3) is 0.111. The molecule has 0 bridgehead atoms. The van der Waals surface area contributed by atoms with Gasteiger partial charge in [-0.15, -0.1) is 0 Å². The Bertz CT molecular complexity index is 2860. The third-order valence-corrected chi connectivity index (χ3v) is 15.2. The first-order valence-electron chi connectivity index (χ1n) is 17.4. The second-order valence-corrected chi connectivity index (χ2v) is 18.8. The Labute approximate surface area is 288 Å². The highest BCUT2D eigenvalue weighted by Gasteiger charge is 2.51. The van der Waals surface area contributed by atoms with Crippen LogP contribution < -0.4 is 15.8 Å². The van der Waals surface area contributed by atoms with Gasteiger partial charge in [-0.05, 0) is 92.4 Å². The number of hydrogen-bond donors (Lipinski definition) is 0. The molecule has 0 saturated heterocycles. The van der Waals surface area contributed by atoms with Crippen LogP contribution in [-0.2, 0) is 5.41 Å². The van der Waals surface area contributed by atoms with Gasteiger partial charge in [-0.1, -0.05) is 111 Å². The van der Waals surface area contributed by atoms with Crippen LogP contribution in [0.3, 0.4) is 0 Å². The molecule has 0 spiro atoms. The topological polar surface area (TPSA) is 8.17 Å². The predicted octanol–water partition coefficient (Wildman–Crippen LogP) is 10.5. The lowest BCUT2D eigenvalue weighted by Crippen LogP contribution is -2.58. The number of nitrogens with zero attached hydrogens (tertiary/aromatic N) is 2. The predicted molar refractivity (Wildman–Crippen MR) is 211 cm³/mol. The van der Waals surface area contributed by atoms with Crippen molar-refractivity contribution in [3.05, 3.63) is 139 Å². The molecule has 0 fully saturated rings. The molecule has 8 aromatic rings. The quantitative estimate of drug-likeness (QED) is 0.149. The highest BCUT2D eigenvalue weighted by molar-refractivity contribution is 8.33. The van der Waals surface area contributed by atoms with Gasteiger partial charge in [0.1, 0.15) is 0 Å². The van der Waals surface area contributed by atoms with Gasteiger partial charge in [0.15, 0.2) is 0 Å². The molecular weight excluding hydrogens is 611 g/mol. The molecule has 0 unspecified atom stereocenters. The molecule has 3 aliphatic heterocycles. The molecule has 1 aliphatic carbocycles. The standard InChI is InChI=1S/C45H33BN2S/c1-45(2)33-18-8-7-15-28(33)31-25-32-29-16-11-17-30-39-27-14-6-5-13-26(27)23-24-36(39)48(42(29)30)46-34-19-12-22-38-43(34)47(44(40(31)45)41(32)46)35-20-9-10-21-37(35)49(38,3)4/h5-25H,1-4H3. The van der Waals surface area contributed by atoms with Crippen molar-refractivity contribution in [2.75, 3.05) is 17.4 Å². The van der Waals surface area contributed by atoms with Crippen LogP contribution in [0, 0.1) is 0 Å². The molecule has 7 aromatic carbocycles. The lowest BCUT2D eigenvalue weighted by molar-refractivity contribution is 0.661. The van der Waals surface area contributed by atoms with Gasteiger partial charge in [-0.2, -0.15) is 10.0 Å². The Balaban J connectivity index is 1.34. The summed E-state index contributed by atoms with van der Waals surface area (Å²) in [6.07, 6.45) is 5.00. The first-order valence-corrected chi connectivity index (χ1v) is 19.8. The summed E-state index contributed by atoms with van der Waals surface area (Å²) >= 11 is 0. The summed E-state index contributed by atoms with van der Waals surface area (Å²) in [6, 6.07) is 48.9. The summed E-state index contributed by atoms with van der Waals surface area (Å²) in [4.78, 5) is 5.67. The maximum absolute atomic E-state index is 2.73. The molecule has 4 heteroatoms. The minimum atomic E-state index is -1.28. The van der Waals surface area contributed by atoms with Gasteiger partial charge in [0.25, 0.3) is 0 Å². The molecule has 232 valence electrons. The summed E-state index contributed by atoms with van der Waals surface area (Å²) in [5.74, 6) is 0. The Kier molecular flexibility index (Phi) is 4.64.